The van der Waals surface area contributed by atoms with Crippen LogP contribution in [0.4, 0.5) is 15.6 Å². The van der Waals surface area contributed by atoms with Gasteiger partial charge in [0, 0.05) is 47.4 Å². The van der Waals surface area contributed by atoms with Crippen LogP contribution >= 0.6 is 11.3 Å². The lowest BCUT2D eigenvalue weighted by atomic mass is 10.1. The summed E-state index contributed by atoms with van der Waals surface area (Å²) in [5.41, 5.74) is 8.41. The number of carbonyl (C=O) groups is 1. The Morgan fingerprint density at radius 2 is 1.95 bits per heavy atom. The number of anilines is 2. The van der Waals surface area contributed by atoms with E-state index < -0.39 is 0 Å². The zero-order valence-electron chi connectivity index (χ0n) is 20.8. The molecule has 3 N–H and O–H groups in total. The van der Waals surface area contributed by atoms with Crippen molar-refractivity contribution in [1.82, 2.24) is 19.4 Å². The Morgan fingerprint density at radius 1 is 1.05 bits per heavy atom. The fourth-order valence-electron chi connectivity index (χ4n) is 4.78. The Kier molecular flexibility index (Phi) is 6.80. The van der Waals surface area contributed by atoms with Gasteiger partial charge in [0.25, 0.3) is 0 Å². The highest BCUT2D eigenvalue weighted by Crippen LogP contribution is 2.35. The summed E-state index contributed by atoms with van der Waals surface area (Å²) in [4.78, 5) is 23.8. The number of aromatic nitrogens is 3. The fraction of sp³-hybridized carbons (Fsp3) is 0.250. The van der Waals surface area contributed by atoms with E-state index in [0.717, 1.165) is 34.8 Å². The van der Waals surface area contributed by atoms with Gasteiger partial charge < -0.3 is 20.1 Å². The summed E-state index contributed by atoms with van der Waals surface area (Å²) >= 11 is 1.37. The first-order valence-electron chi connectivity index (χ1n) is 12.7. The second kappa shape index (κ2) is 10.7. The second-order valence-electron chi connectivity index (χ2n) is 9.24. The van der Waals surface area contributed by atoms with E-state index in [2.05, 4.69) is 20.2 Å². The molecule has 0 atom stereocenters. The summed E-state index contributed by atoms with van der Waals surface area (Å²) in [5.74, 6) is 1.92. The van der Waals surface area contributed by atoms with Gasteiger partial charge in [-0.1, -0.05) is 0 Å². The van der Waals surface area contributed by atoms with Gasteiger partial charge in [-0.25, -0.2) is 9.78 Å². The summed E-state index contributed by atoms with van der Waals surface area (Å²) in [7, 11) is 0. The molecule has 0 saturated carbocycles. The molecule has 1 amide bonds. The van der Waals surface area contributed by atoms with Gasteiger partial charge in [-0.05, 0) is 68.8 Å². The average Bonchev–Trinajstić information content (AvgIpc) is 3.69. The molecule has 9 nitrogen and oxygen atoms in total. The largest absolute Gasteiger partial charge is 0.491 e. The first-order valence-corrected chi connectivity index (χ1v) is 13.6. The van der Waals surface area contributed by atoms with Gasteiger partial charge in [0.1, 0.15) is 17.2 Å². The van der Waals surface area contributed by atoms with Crippen LogP contribution in [0.2, 0.25) is 0 Å². The van der Waals surface area contributed by atoms with E-state index in [4.69, 9.17) is 15.2 Å². The predicted octanol–water partition coefficient (Wildman–Crippen LogP) is 5.97. The van der Waals surface area contributed by atoms with Crippen LogP contribution in [-0.4, -0.2) is 51.7 Å². The standard InChI is InChI=1S/C28H28N6O3S/c29-22-17-21-23(18-26(22)36-14-3-12-33-10-1-2-11-33)30-8-6-25(21)37-20-4-5-24-19(16-20)7-13-34(24)28(35)32-27-31-9-15-38-27/h4-9,13,15-18H,1-3,10-12,14,29H2,(H,31,32,35). The molecule has 2 aromatic carbocycles. The molecule has 0 spiro atoms. The first-order chi connectivity index (χ1) is 18.6. The van der Waals surface area contributed by atoms with Gasteiger partial charge in [-0.3, -0.25) is 14.9 Å². The van der Waals surface area contributed by atoms with Crippen molar-refractivity contribution < 1.29 is 14.3 Å². The zero-order valence-corrected chi connectivity index (χ0v) is 21.6. The van der Waals surface area contributed by atoms with Gasteiger partial charge in [0.05, 0.1) is 23.3 Å². The maximum absolute atomic E-state index is 12.7. The number of nitrogens with two attached hydrogens (primary N) is 1. The number of ether oxygens (including phenoxy) is 2. The molecule has 4 heterocycles. The van der Waals surface area contributed by atoms with Crippen molar-refractivity contribution in [2.45, 2.75) is 19.3 Å². The first kappa shape index (κ1) is 24.2. The minimum atomic E-state index is -0.270. The van der Waals surface area contributed by atoms with Gasteiger partial charge >= 0.3 is 6.03 Å². The molecule has 1 saturated heterocycles. The lowest BCUT2D eigenvalue weighted by Crippen LogP contribution is -2.22. The van der Waals surface area contributed by atoms with E-state index in [1.807, 2.05) is 47.8 Å². The van der Waals surface area contributed by atoms with Crippen LogP contribution in [0, 0.1) is 0 Å². The zero-order chi connectivity index (χ0) is 25.9. The van der Waals surface area contributed by atoms with Gasteiger partial charge in [0.15, 0.2) is 5.13 Å². The van der Waals surface area contributed by atoms with Crippen LogP contribution < -0.4 is 20.5 Å². The topological polar surface area (TPSA) is 108 Å². The maximum atomic E-state index is 12.7. The highest BCUT2D eigenvalue weighted by Gasteiger charge is 2.14. The molecule has 1 fully saturated rings. The number of hydrogen-bond acceptors (Lipinski definition) is 8. The maximum Gasteiger partial charge on any atom is 0.332 e. The van der Waals surface area contributed by atoms with Crippen LogP contribution in [0.1, 0.15) is 19.3 Å². The van der Waals surface area contributed by atoms with Crippen molar-refractivity contribution in [3.8, 4) is 17.2 Å². The number of nitrogens with one attached hydrogen (secondary N) is 1. The molecule has 0 unspecified atom stereocenters. The van der Waals surface area contributed by atoms with E-state index in [1.165, 1.54) is 37.3 Å². The van der Waals surface area contributed by atoms with Crippen LogP contribution in [-0.2, 0) is 0 Å². The molecule has 10 heteroatoms. The molecule has 1 aliphatic rings. The smallest absolute Gasteiger partial charge is 0.332 e. The van der Waals surface area contributed by atoms with Crippen molar-refractivity contribution in [1.29, 1.82) is 0 Å². The second-order valence-corrected chi connectivity index (χ2v) is 10.1. The molecule has 5 aromatic rings. The third kappa shape index (κ3) is 5.13. The number of fused-ring (bicyclic) bond motifs is 2. The molecule has 0 bridgehead atoms. The van der Waals surface area contributed by atoms with Crippen molar-refractivity contribution in [3.05, 3.63) is 66.4 Å². The third-order valence-corrected chi connectivity index (χ3v) is 7.35. The van der Waals surface area contributed by atoms with Crippen LogP contribution in [0.5, 0.6) is 17.2 Å². The SMILES string of the molecule is Nc1cc2c(Oc3ccc4c(ccn4C(=O)Nc4nccs4)c3)ccnc2cc1OCCCN1CCCC1. The third-order valence-electron chi connectivity index (χ3n) is 6.66. The Balaban J connectivity index is 1.17. The molecular weight excluding hydrogens is 500 g/mol. The van der Waals surface area contributed by atoms with Crippen molar-refractivity contribution in [2.24, 2.45) is 0 Å². The number of nitrogens with zero attached hydrogens (tertiary/aromatic N) is 4. The van der Waals surface area contributed by atoms with E-state index in [9.17, 15) is 4.79 Å². The highest BCUT2D eigenvalue weighted by atomic mass is 32.1. The predicted molar refractivity (Wildman–Crippen MR) is 150 cm³/mol. The highest BCUT2D eigenvalue weighted by molar-refractivity contribution is 7.13. The summed E-state index contributed by atoms with van der Waals surface area (Å²) in [6.07, 6.45) is 8.64. The van der Waals surface area contributed by atoms with Gasteiger partial charge in [0.2, 0.25) is 0 Å². The number of pyridine rings is 1. The van der Waals surface area contributed by atoms with Crippen LogP contribution in [0.3, 0.4) is 0 Å². The number of rotatable bonds is 8. The van der Waals surface area contributed by atoms with Crippen molar-refractivity contribution >= 4 is 50.0 Å². The lowest BCUT2D eigenvalue weighted by molar-refractivity contribution is 0.254. The molecule has 0 aliphatic carbocycles. The van der Waals surface area contributed by atoms with E-state index in [0.29, 0.717) is 34.7 Å². The molecule has 0 radical (unpaired) electrons. The number of nitrogen functional groups attached to an aromatic ring is 1. The van der Waals surface area contributed by atoms with E-state index in [1.54, 1.807) is 23.2 Å². The Hall–Kier alpha value is -4.15. The number of hydrogen-bond donors (Lipinski definition) is 2. The summed E-state index contributed by atoms with van der Waals surface area (Å²) in [6.45, 7) is 4.04. The van der Waals surface area contributed by atoms with Crippen molar-refractivity contribution in [3.63, 3.8) is 0 Å². The summed E-state index contributed by atoms with van der Waals surface area (Å²) in [6, 6.07) is 12.7. The quantitative estimate of drug-likeness (QED) is 0.189. The molecule has 38 heavy (non-hydrogen) atoms. The number of carbonyl (C=O) groups excluding carboxylic acids is 1. The average molecular weight is 529 g/mol. The molecule has 1 aliphatic heterocycles. The van der Waals surface area contributed by atoms with Crippen LogP contribution in [0.25, 0.3) is 21.8 Å². The molecular formula is C28H28N6O3S. The van der Waals surface area contributed by atoms with Gasteiger partial charge in [-0.2, -0.15) is 0 Å². The number of amides is 1. The molecule has 194 valence electrons. The van der Waals surface area contributed by atoms with Crippen LogP contribution in [0.15, 0.2) is 66.4 Å². The molecule has 3 aromatic heterocycles. The Morgan fingerprint density at radius 3 is 2.79 bits per heavy atom. The molecule has 6 rings (SSSR count). The number of thiazole rings is 1. The summed E-state index contributed by atoms with van der Waals surface area (Å²) < 4.78 is 13.8. The Bertz CT molecular complexity index is 1580. The van der Waals surface area contributed by atoms with E-state index in [-0.39, 0.29) is 6.03 Å². The Labute approximate surface area is 223 Å². The van der Waals surface area contributed by atoms with Gasteiger partial charge in [-0.15, -0.1) is 11.3 Å². The monoisotopic (exact) mass is 528 g/mol. The van der Waals surface area contributed by atoms with E-state index >= 15 is 0 Å². The lowest BCUT2D eigenvalue weighted by Gasteiger charge is -2.15. The normalized spacial score (nSPS) is 13.8. The fourth-order valence-corrected chi connectivity index (χ4v) is 5.30. The minimum Gasteiger partial charge on any atom is -0.491 e. The number of likely N-dealkylation sites (tertiary alicyclic amines) is 1. The summed E-state index contributed by atoms with van der Waals surface area (Å²) in [5, 5.41) is 6.84. The van der Waals surface area contributed by atoms with Crippen molar-refractivity contribution in [2.75, 3.05) is 37.3 Å². The number of benzene rings is 2. The minimum absolute atomic E-state index is 0.270.